The van der Waals surface area contributed by atoms with Crippen molar-refractivity contribution in [1.82, 2.24) is 0 Å². The normalized spacial score (nSPS) is 19.8. The monoisotopic (exact) mass is 320 g/mol. The molecule has 1 aromatic carbocycles. The lowest BCUT2D eigenvalue weighted by molar-refractivity contribution is -0.149. The molecule has 0 saturated heterocycles. The lowest BCUT2D eigenvalue weighted by Gasteiger charge is -2.23. The van der Waals surface area contributed by atoms with Gasteiger partial charge < -0.3 is 14.6 Å². The second kappa shape index (κ2) is 7.71. The molecule has 1 heterocycles. The predicted octanol–water partition coefficient (Wildman–Crippen LogP) is 4.13. The minimum absolute atomic E-state index is 0.0714. The Balaban J connectivity index is 2.37. The third-order valence-corrected chi connectivity index (χ3v) is 4.83. The van der Waals surface area contributed by atoms with E-state index in [4.69, 9.17) is 9.47 Å². The van der Waals surface area contributed by atoms with E-state index < -0.39 is 0 Å². The number of hydrogen-bond donors (Lipinski definition) is 1. The number of ether oxygens (including phenoxy) is 2. The number of carbonyl (C=O) groups excluding carboxylic acids is 1. The molecular weight excluding hydrogens is 292 g/mol. The zero-order valence-electron chi connectivity index (χ0n) is 14.7. The lowest BCUT2D eigenvalue weighted by Crippen LogP contribution is -2.19. The van der Waals surface area contributed by atoms with Crippen LogP contribution in [0.1, 0.15) is 61.3 Å². The van der Waals surface area contributed by atoms with Crippen LogP contribution in [0.2, 0.25) is 0 Å². The first-order valence-corrected chi connectivity index (χ1v) is 8.59. The number of esters is 1. The van der Waals surface area contributed by atoms with Crippen molar-refractivity contribution in [3.8, 4) is 11.5 Å². The van der Waals surface area contributed by atoms with E-state index in [1.54, 1.807) is 0 Å². The highest BCUT2D eigenvalue weighted by atomic mass is 16.5. The van der Waals surface area contributed by atoms with Gasteiger partial charge in [-0.3, -0.25) is 4.79 Å². The van der Waals surface area contributed by atoms with Crippen LogP contribution in [-0.4, -0.2) is 23.8 Å². The van der Waals surface area contributed by atoms with Gasteiger partial charge in [-0.2, -0.15) is 0 Å². The number of carbonyl (C=O) groups is 1. The first-order chi connectivity index (χ1) is 11.0. The average molecular weight is 320 g/mol. The molecule has 0 aromatic heterocycles. The molecule has 4 heteroatoms. The van der Waals surface area contributed by atoms with Crippen LogP contribution in [0.4, 0.5) is 0 Å². The fourth-order valence-electron chi connectivity index (χ4n) is 3.11. The minimum Gasteiger partial charge on any atom is -0.507 e. The number of phenolic OH excluding ortho intramolecular Hbond substituents is 1. The number of hydrogen-bond acceptors (Lipinski definition) is 4. The van der Waals surface area contributed by atoms with Crippen molar-refractivity contribution in [2.24, 2.45) is 0 Å². The Labute approximate surface area is 138 Å². The Morgan fingerprint density at radius 3 is 2.52 bits per heavy atom. The van der Waals surface area contributed by atoms with Gasteiger partial charge in [0.25, 0.3) is 0 Å². The maximum absolute atomic E-state index is 11.8. The molecule has 23 heavy (non-hydrogen) atoms. The Hall–Kier alpha value is -1.71. The van der Waals surface area contributed by atoms with Crippen LogP contribution in [0.25, 0.3) is 0 Å². The highest BCUT2D eigenvalue weighted by Crippen LogP contribution is 2.38. The van der Waals surface area contributed by atoms with Gasteiger partial charge in [0, 0.05) is 12.0 Å². The number of phenols is 1. The standard InChI is InChI=1S/C19H28O4/c1-5-15-9-10-16-14(4)18(21)12(2)13(3)19(16)22-11-7-6-8-17(20)23-15/h15,21H,5-11H2,1-4H3. The molecule has 1 atom stereocenters. The van der Waals surface area contributed by atoms with Crippen molar-refractivity contribution in [3.63, 3.8) is 0 Å². The van der Waals surface area contributed by atoms with E-state index in [1.807, 2.05) is 27.7 Å². The van der Waals surface area contributed by atoms with Crippen LogP contribution in [0.5, 0.6) is 11.5 Å². The topological polar surface area (TPSA) is 55.8 Å². The van der Waals surface area contributed by atoms with Crippen LogP contribution in [0, 0.1) is 20.8 Å². The van der Waals surface area contributed by atoms with Crippen molar-refractivity contribution in [2.45, 2.75) is 72.3 Å². The van der Waals surface area contributed by atoms with Crippen LogP contribution >= 0.6 is 0 Å². The van der Waals surface area contributed by atoms with Crippen molar-refractivity contribution in [3.05, 3.63) is 22.3 Å². The van der Waals surface area contributed by atoms with Crippen LogP contribution in [-0.2, 0) is 16.0 Å². The Morgan fingerprint density at radius 1 is 1.09 bits per heavy atom. The summed E-state index contributed by atoms with van der Waals surface area (Å²) in [5.41, 5.74) is 3.80. The summed E-state index contributed by atoms with van der Waals surface area (Å²) in [4.78, 5) is 11.8. The number of rotatable bonds is 1. The van der Waals surface area contributed by atoms with Crippen LogP contribution in [0.15, 0.2) is 0 Å². The van der Waals surface area contributed by atoms with Gasteiger partial charge in [0.05, 0.1) is 6.61 Å². The number of aromatic hydroxyl groups is 1. The van der Waals surface area contributed by atoms with E-state index in [0.29, 0.717) is 18.8 Å². The molecule has 1 aromatic rings. The highest BCUT2D eigenvalue weighted by Gasteiger charge is 2.21. The van der Waals surface area contributed by atoms with Gasteiger partial charge >= 0.3 is 5.97 Å². The Bertz CT molecular complexity index is 577. The van der Waals surface area contributed by atoms with E-state index in [0.717, 1.165) is 60.1 Å². The molecule has 0 radical (unpaired) electrons. The highest BCUT2D eigenvalue weighted by molar-refractivity contribution is 5.69. The predicted molar refractivity (Wildman–Crippen MR) is 90.2 cm³/mol. The van der Waals surface area contributed by atoms with Gasteiger partial charge in [-0.1, -0.05) is 6.92 Å². The summed E-state index contributed by atoms with van der Waals surface area (Å²) in [5, 5.41) is 10.4. The molecule has 1 aliphatic rings. The van der Waals surface area contributed by atoms with Crippen molar-refractivity contribution < 1.29 is 19.4 Å². The summed E-state index contributed by atoms with van der Waals surface area (Å²) in [5.74, 6) is 1.14. The minimum atomic E-state index is -0.114. The summed E-state index contributed by atoms with van der Waals surface area (Å²) in [6, 6.07) is 0. The molecule has 1 N–H and O–H groups in total. The zero-order chi connectivity index (χ0) is 17.0. The lowest BCUT2D eigenvalue weighted by atomic mass is 9.93. The van der Waals surface area contributed by atoms with Gasteiger partial charge in [-0.25, -0.2) is 0 Å². The molecular formula is C19H28O4. The molecule has 1 aliphatic heterocycles. The third-order valence-electron chi connectivity index (χ3n) is 4.83. The molecule has 0 spiro atoms. The van der Waals surface area contributed by atoms with Gasteiger partial charge in [0.2, 0.25) is 0 Å². The van der Waals surface area contributed by atoms with E-state index in [2.05, 4.69) is 0 Å². The Morgan fingerprint density at radius 2 is 1.83 bits per heavy atom. The first-order valence-electron chi connectivity index (χ1n) is 8.59. The van der Waals surface area contributed by atoms with Crippen molar-refractivity contribution in [2.75, 3.05) is 6.61 Å². The maximum atomic E-state index is 11.8. The molecule has 0 fully saturated rings. The van der Waals surface area contributed by atoms with E-state index in [9.17, 15) is 9.90 Å². The average Bonchev–Trinajstić information content (AvgIpc) is 2.53. The summed E-state index contributed by atoms with van der Waals surface area (Å²) >= 11 is 0. The summed E-state index contributed by atoms with van der Waals surface area (Å²) < 4.78 is 11.6. The second-order valence-electron chi connectivity index (χ2n) is 6.40. The maximum Gasteiger partial charge on any atom is 0.306 e. The Kier molecular flexibility index (Phi) is 5.91. The van der Waals surface area contributed by atoms with Gasteiger partial charge in [0.1, 0.15) is 17.6 Å². The van der Waals surface area contributed by atoms with Crippen LogP contribution in [0.3, 0.4) is 0 Å². The van der Waals surface area contributed by atoms with Crippen molar-refractivity contribution in [1.29, 1.82) is 0 Å². The van der Waals surface area contributed by atoms with Crippen molar-refractivity contribution >= 4 is 5.97 Å². The van der Waals surface area contributed by atoms with Gasteiger partial charge in [0.15, 0.2) is 0 Å². The second-order valence-corrected chi connectivity index (χ2v) is 6.40. The summed E-state index contributed by atoms with van der Waals surface area (Å²) in [6.45, 7) is 8.47. The largest absolute Gasteiger partial charge is 0.507 e. The fourth-order valence-corrected chi connectivity index (χ4v) is 3.11. The molecule has 0 amide bonds. The quantitative estimate of drug-likeness (QED) is 0.790. The van der Waals surface area contributed by atoms with Crippen LogP contribution < -0.4 is 4.74 Å². The van der Waals surface area contributed by atoms with Gasteiger partial charge in [-0.15, -0.1) is 0 Å². The SMILES string of the molecule is CCC1CCc2c(C)c(O)c(C)c(C)c2OCCCCC(=O)O1. The molecule has 0 bridgehead atoms. The van der Waals surface area contributed by atoms with Gasteiger partial charge in [-0.05, 0) is 69.6 Å². The fraction of sp³-hybridized carbons (Fsp3) is 0.632. The third kappa shape index (κ3) is 3.98. The number of benzene rings is 1. The number of fused-ring (bicyclic) bond motifs is 1. The smallest absolute Gasteiger partial charge is 0.306 e. The van der Waals surface area contributed by atoms with E-state index in [1.165, 1.54) is 0 Å². The molecule has 1 unspecified atom stereocenters. The summed E-state index contributed by atoms with van der Waals surface area (Å²) in [6.07, 6.45) is 4.28. The number of cyclic esters (lactones) is 1. The molecule has 4 nitrogen and oxygen atoms in total. The zero-order valence-corrected chi connectivity index (χ0v) is 14.7. The molecule has 2 rings (SSSR count). The van der Waals surface area contributed by atoms with E-state index in [-0.39, 0.29) is 12.1 Å². The molecule has 0 aliphatic carbocycles. The van der Waals surface area contributed by atoms with E-state index >= 15 is 0 Å². The first kappa shape index (κ1) is 17.6. The molecule has 0 saturated carbocycles. The molecule has 128 valence electrons. The summed E-state index contributed by atoms with van der Waals surface area (Å²) in [7, 11) is 0.